The second kappa shape index (κ2) is 6.52. The first-order valence-corrected chi connectivity index (χ1v) is 8.28. The van der Waals surface area contributed by atoms with Gasteiger partial charge >= 0.3 is 0 Å². The number of unbranched alkanes of at least 4 members (excludes halogenated alkanes) is 1. The third-order valence-electron chi connectivity index (χ3n) is 3.67. The number of amides is 1. The van der Waals surface area contributed by atoms with Gasteiger partial charge in [-0.05, 0) is 12.3 Å². The number of nitrogens with two attached hydrogens (primary N) is 1. The molecule has 1 heterocycles. The second-order valence-electron chi connectivity index (χ2n) is 5.13. The van der Waals surface area contributed by atoms with Gasteiger partial charge in [0.05, 0.1) is 0 Å². The number of hydrogen-bond donors (Lipinski definition) is 1. The average molecular weight is 276 g/mol. The Morgan fingerprint density at radius 2 is 2.11 bits per heavy atom. The van der Waals surface area contributed by atoms with Crippen LogP contribution in [0.1, 0.15) is 46.0 Å². The van der Waals surface area contributed by atoms with Gasteiger partial charge in [-0.15, -0.1) is 0 Å². The number of primary sulfonamides is 1. The molecule has 2 unspecified atom stereocenters. The fourth-order valence-electron chi connectivity index (χ4n) is 2.36. The van der Waals surface area contributed by atoms with Gasteiger partial charge in [-0.2, -0.15) is 0 Å². The Labute approximate surface area is 110 Å². The van der Waals surface area contributed by atoms with Gasteiger partial charge in [0.25, 0.3) is 0 Å². The van der Waals surface area contributed by atoms with E-state index in [0.717, 1.165) is 25.7 Å². The number of nitrogens with zero attached hydrogens (tertiary/aromatic N) is 1. The topological polar surface area (TPSA) is 80.5 Å². The zero-order valence-electron chi connectivity index (χ0n) is 11.3. The largest absolute Gasteiger partial charge is 0.341 e. The molecule has 0 aliphatic carbocycles. The van der Waals surface area contributed by atoms with Crippen molar-refractivity contribution in [3.8, 4) is 0 Å². The van der Waals surface area contributed by atoms with E-state index in [-0.39, 0.29) is 18.9 Å². The maximum absolute atomic E-state index is 11.8. The minimum Gasteiger partial charge on any atom is -0.341 e. The molecule has 0 spiro atoms. The van der Waals surface area contributed by atoms with Crippen LogP contribution in [0.15, 0.2) is 0 Å². The van der Waals surface area contributed by atoms with Gasteiger partial charge in [-0.1, -0.05) is 33.1 Å². The highest BCUT2D eigenvalue weighted by Gasteiger charge is 2.36. The van der Waals surface area contributed by atoms with Crippen LogP contribution >= 0.6 is 0 Å². The van der Waals surface area contributed by atoms with Gasteiger partial charge < -0.3 is 4.90 Å². The van der Waals surface area contributed by atoms with Crippen LogP contribution in [-0.4, -0.2) is 37.6 Å². The summed E-state index contributed by atoms with van der Waals surface area (Å²) >= 11 is 0. The van der Waals surface area contributed by atoms with E-state index in [1.54, 1.807) is 4.90 Å². The molecular weight excluding hydrogens is 252 g/mol. The van der Waals surface area contributed by atoms with Crippen molar-refractivity contribution in [1.82, 2.24) is 4.90 Å². The van der Waals surface area contributed by atoms with E-state index in [1.807, 2.05) is 0 Å². The lowest BCUT2D eigenvalue weighted by Crippen LogP contribution is -2.34. The number of rotatable bonds is 7. The summed E-state index contributed by atoms with van der Waals surface area (Å²) in [6, 6.07) is 0. The molecule has 1 saturated heterocycles. The fourth-order valence-corrected chi connectivity index (χ4v) is 3.12. The maximum atomic E-state index is 11.8. The molecule has 5 nitrogen and oxygen atoms in total. The molecule has 0 radical (unpaired) electrons. The molecule has 106 valence electrons. The van der Waals surface area contributed by atoms with Gasteiger partial charge in [-0.3, -0.25) is 4.79 Å². The summed E-state index contributed by atoms with van der Waals surface area (Å²) in [7, 11) is -3.59. The van der Waals surface area contributed by atoms with Crippen LogP contribution in [-0.2, 0) is 14.8 Å². The first-order valence-electron chi connectivity index (χ1n) is 6.67. The second-order valence-corrected chi connectivity index (χ2v) is 6.98. The Bertz CT molecular complexity index is 381. The quantitative estimate of drug-likeness (QED) is 0.756. The molecule has 0 aromatic carbocycles. The highest BCUT2D eigenvalue weighted by molar-refractivity contribution is 7.89. The highest BCUT2D eigenvalue weighted by atomic mass is 32.2. The zero-order chi connectivity index (χ0) is 13.8. The Kier molecular flexibility index (Phi) is 5.59. The lowest BCUT2D eigenvalue weighted by Gasteiger charge is -2.23. The van der Waals surface area contributed by atoms with Crippen LogP contribution in [0, 0.1) is 5.92 Å². The summed E-state index contributed by atoms with van der Waals surface area (Å²) in [5, 5.41) is 4.39. The van der Waals surface area contributed by atoms with E-state index >= 15 is 0 Å². The first kappa shape index (κ1) is 15.4. The molecule has 1 aliphatic heterocycles. The minimum atomic E-state index is -3.59. The molecule has 1 aliphatic rings. The van der Waals surface area contributed by atoms with E-state index in [4.69, 9.17) is 5.14 Å². The molecule has 6 heteroatoms. The predicted octanol–water partition coefficient (Wildman–Crippen LogP) is 1.09. The Hall–Kier alpha value is -0.620. The zero-order valence-corrected chi connectivity index (χ0v) is 12.1. The summed E-state index contributed by atoms with van der Waals surface area (Å²) in [5.74, 6) is 0.386. The van der Waals surface area contributed by atoms with Crippen LogP contribution in [0.2, 0.25) is 0 Å². The third kappa shape index (κ3) is 4.24. The molecule has 2 atom stereocenters. The summed E-state index contributed by atoms with van der Waals surface area (Å²) in [6.45, 7) is 5.18. The standard InChI is InChI=1S/C12H24N2O3S/c1-3-5-6-10(4-2)8-14-9-11(7-12(14)15)18(13,16)17/h10-11H,3-9H2,1-2H3,(H2,13,16,17). The van der Waals surface area contributed by atoms with Gasteiger partial charge in [-0.25, -0.2) is 13.6 Å². The molecule has 0 aromatic heterocycles. The number of carbonyl (C=O) groups excluding carboxylic acids is 1. The fraction of sp³-hybridized carbons (Fsp3) is 0.917. The maximum Gasteiger partial charge on any atom is 0.224 e. The van der Waals surface area contributed by atoms with Crippen LogP contribution < -0.4 is 5.14 Å². The van der Waals surface area contributed by atoms with Crippen molar-refractivity contribution < 1.29 is 13.2 Å². The Balaban J connectivity index is 2.55. The lowest BCUT2D eigenvalue weighted by molar-refractivity contribution is -0.128. The van der Waals surface area contributed by atoms with Crippen LogP contribution in [0.3, 0.4) is 0 Å². The predicted molar refractivity (Wildman–Crippen MR) is 71.4 cm³/mol. The van der Waals surface area contributed by atoms with Crippen molar-refractivity contribution in [3.63, 3.8) is 0 Å². The van der Waals surface area contributed by atoms with Gasteiger partial charge in [0.15, 0.2) is 0 Å². The van der Waals surface area contributed by atoms with Crippen molar-refractivity contribution in [1.29, 1.82) is 0 Å². The molecule has 0 aromatic rings. The van der Waals surface area contributed by atoms with Crippen molar-refractivity contribution >= 4 is 15.9 Å². The van der Waals surface area contributed by atoms with Crippen LogP contribution in [0.4, 0.5) is 0 Å². The average Bonchev–Trinajstić information content (AvgIpc) is 2.66. The number of sulfonamides is 1. The summed E-state index contributed by atoms with van der Waals surface area (Å²) in [5.41, 5.74) is 0. The Morgan fingerprint density at radius 3 is 2.56 bits per heavy atom. The molecule has 18 heavy (non-hydrogen) atoms. The SMILES string of the molecule is CCCCC(CC)CN1CC(S(N)(=O)=O)CC1=O. The van der Waals surface area contributed by atoms with Gasteiger partial charge in [0, 0.05) is 19.5 Å². The minimum absolute atomic E-state index is 0.0447. The van der Waals surface area contributed by atoms with Gasteiger partial charge in [0.2, 0.25) is 15.9 Å². The molecular formula is C12H24N2O3S. The molecule has 2 N–H and O–H groups in total. The van der Waals surface area contributed by atoms with Crippen molar-refractivity contribution in [2.24, 2.45) is 11.1 Å². The Morgan fingerprint density at radius 1 is 1.44 bits per heavy atom. The first-order chi connectivity index (χ1) is 8.38. The van der Waals surface area contributed by atoms with Crippen LogP contribution in [0.25, 0.3) is 0 Å². The normalized spacial score (nSPS) is 22.5. The molecule has 1 amide bonds. The molecule has 0 bridgehead atoms. The molecule has 1 fully saturated rings. The number of likely N-dealkylation sites (tertiary alicyclic amines) is 1. The van der Waals surface area contributed by atoms with Crippen molar-refractivity contribution in [2.75, 3.05) is 13.1 Å². The van der Waals surface area contributed by atoms with Crippen LogP contribution in [0.5, 0.6) is 0 Å². The molecule has 1 rings (SSSR count). The van der Waals surface area contributed by atoms with E-state index in [0.29, 0.717) is 12.5 Å². The summed E-state index contributed by atoms with van der Waals surface area (Å²) in [4.78, 5) is 13.4. The highest BCUT2D eigenvalue weighted by Crippen LogP contribution is 2.21. The van der Waals surface area contributed by atoms with E-state index in [2.05, 4.69) is 13.8 Å². The van der Waals surface area contributed by atoms with E-state index in [9.17, 15) is 13.2 Å². The lowest BCUT2D eigenvalue weighted by atomic mass is 9.99. The van der Waals surface area contributed by atoms with Gasteiger partial charge in [0.1, 0.15) is 5.25 Å². The van der Waals surface area contributed by atoms with Crippen molar-refractivity contribution in [2.45, 2.75) is 51.2 Å². The van der Waals surface area contributed by atoms with Crippen molar-refractivity contribution in [3.05, 3.63) is 0 Å². The van der Waals surface area contributed by atoms with E-state index < -0.39 is 15.3 Å². The molecule has 0 saturated carbocycles. The monoisotopic (exact) mass is 276 g/mol. The third-order valence-corrected chi connectivity index (χ3v) is 4.91. The van der Waals surface area contributed by atoms with E-state index in [1.165, 1.54) is 0 Å². The summed E-state index contributed by atoms with van der Waals surface area (Å²) < 4.78 is 22.5. The number of hydrogen-bond acceptors (Lipinski definition) is 3. The summed E-state index contributed by atoms with van der Waals surface area (Å²) in [6.07, 6.45) is 4.45. The number of carbonyl (C=O) groups is 1. The smallest absolute Gasteiger partial charge is 0.224 e.